The lowest BCUT2D eigenvalue weighted by molar-refractivity contribution is 0.0352. The predicted octanol–water partition coefficient (Wildman–Crippen LogP) is 4.92. The minimum atomic E-state index is -0.262. The topological polar surface area (TPSA) is 62.1 Å². The Balaban J connectivity index is 1.30. The zero-order valence-electron chi connectivity index (χ0n) is 20.3. The summed E-state index contributed by atoms with van der Waals surface area (Å²) in [5.41, 5.74) is 4.64. The molecule has 0 bridgehead atoms. The fraction of sp³-hybridized carbons (Fsp3) is 0.333. The first-order chi connectivity index (χ1) is 17.6. The first-order valence-corrected chi connectivity index (χ1v) is 13.1. The van der Waals surface area contributed by atoms with Crippen LogP contribution in [0.25, 0.3) is 16.2 Å². The van der Waals surface area contributed by atoms with Crippen LogP contribution in [0.2, 0.25) is 0 Å². The molecule has 5 rings (SSSR count). The number of hydrogen-bond acceptors (Lipinski definition) is 5. The molecule has 4 aromatic rings. The number of nitrogens with zero attached hydrogens (tertiary/aromatic N) is 4. The van der Waals surface area contributed by atoms with Gasteiger partial charge in [0.05, 0.1) is 18.9 Å². The van der Waals surface area contributed by atoms with Crippen molar-refractivity contribution in [1.29, 1.82) is 0 Å². The Hall–Kier alpha value is -3.27. The maximum Gasteiger partial charge on any atom is 0.321 e. The molecule has 0 unspecified atom stereocenters. The van der Waals surface area contributed by atoms with Gasteiger partial charge in [-0.15, -0.1) is 11.3 Å². The summed E-state index contributed by atoms with van der Waals surface area (Å²) in [7, 11) is 0. The summed E-state index contributed by atoms with van der Waals surface area (Å²) in [4.78, 5) is 23.1. The van der Waals surface area contributed by atoms with Crippen molar-refractivity contribution in [2.24, 2.45) is 0 Å². The number of para-hydroxylation sites is 1. The number of aromatic nitrogens is 2. The van der Waals surface area contributed by atoms with Crippen LogP contribution in [0, 0.1) is 12.7 Å². The van der Waals surface area contributed by atoms with Crippen LogP contribution in [-0.4, -0.2) is 71.2 Å². The largest absolute Gasteiger partial charge is 0.379 e. The molecule has 2 aromatic carbocycles. The summed E-state index contributed by atoms with van der Waals surface area (Å²) in [6.45, 7) is 7.27. The second-order valence-corrected chi connectivity index (χ2v) is 9.79. The zero-order valence-corrected chi connectivity index (χ0v) is 21.1. The summed E-state index contributed by atoms with van der Waals surface area (Å²) in [5.74, 6) is -0.262. The van der Waals surface area contributed by atoms with Crippen molar-refractivity contribution in [3.63, 3.8) is 0 Å². The van der Waals surface area contributed by atoms with Crippen LogP contribution in [0.5, 0.6) is 0 Å². The number of thiazole rings is 1. The molecule has 9 heteroatoms. The van der Waals surface area contributed by atoms with E-state index in [9.17, 15) is 9.18 Å². The zero-order chi connectivity index (χ0) is 24.9. The highest BCUT2D eigenvalue weighted by atomic mass is 32.1. The van der Waals surface area contributed by atoms with Gasteiger partial charge in [-0.2, -0.15) is 0 Å². The van der Waals surface area contributed by atoms with Gasteiger partial charge >= 0.3 is 6.03 Å². The number of carbonyl (C=O) groups is 1. The van der Waals surface area contributed by atoms with Crippen molar-refractivity contribution in [2.75, 3.05) is 51.3 Å². The molecule has 1 saturated heterocycles. The van der Waals surface area contributed by atoms with Crippen molar-refractivity contribution in [3.8, 4) is 11.3 Å². The van der Waals surface area contributed by atoms with Crippen LogP contribution in [0.15, 0.2) is 60.1 Å². The van der Waals surface area contributed by atoms with E-state index >= 15 is 0 Å². The third kappa shape index (κ3) is 5.75. The number of rotatable bonds is 8. The van der Waals surface area contributed by atoms with Crippen molar-refractivity contribution in [2.45, 2.75) is 13.3 Å². The summed E-state index contributed by atoms with van der Waals surface area (Å²) in [5, 5.41) is 5.19. The quantitative estimate of drug-likeness (QED) is 0.368. The highest BCUT2D eigenvalue weighted by molar-refractivity contribution is 7.15. The van der Waals surface area contributed by atoms with E-state index in [4.69, 9.17) is 9.72 Å². The van der Waals surface area contributed by atoms with Crippen LogP contribution >= 0.6 is 11.3 Å². The molecule has 1 aliphatic rings. The number of imidazole rings is 1. The fourth-order valence-corrected chi connectivity index (χ4v) is 5.23. The lowest BCUT2D eigenvalue weighted by Gasteiger charge is -2.30. The lowest BCUT2D eigenvalue weighted by Crippen LogP contribution is -2.45. The monoisotopic (exact) mass is 507 g/mol. The van der Waals surface area contributed by atoms with Crippen LogP contribution in [0.3, 0.4) is 0 Å². The SMILES string of the molecule is Cc1ccccc1NC(=O)N(CCc1csc2nc(-c3ccc(F)cc3)cn12)CCN1CCOCC1. The molecular weight excluding hydrogens is 477 g/mol. The smallest absolute Gasteiger partial charge is 0.321 e. The van der Waals surface area contributed by atoms with Gasteiger partial charge in [-0.3, -0.25) is 9.30 Å². The van der Waals surface area contributed by atoms with Gasteiger partial charge in [-0.1, -0.05) is 18.2 Å². The summed E-state index contributed by atoms with van der Waals surface area (Å²) >= 11 is 1.57. The number of hydrogen-bond donors (Lipinski definition) is 1. The van der Waals surface area contributed by atoms with E-state index in [0.29, 0.717) is 19.5 Å². The van der Waals surface area contributed by atoms with Gasteiger partial charge in [0.2, 0.25) is 0 Å². The number of aryl methyl sites for hydroxylation is 1. The molecule has 0 atom stereocenters. The molecule has 0 aliphatic carbocycles. The van der Waals surface area contributed by atoms with E-state index in [2.05, 4.69) is 20.0 Å². The van der Waals surface area contributed by atoms with Crippen molar-refractivity contribution < 1.29 is 13.9 Å². The van der Waals surface area contributed by atoms with Gasteiger partial charge in [0.25, 0.3) is 0 Å². The third-order valence-corrected chi connectivity index (χ3v) is 7.41. The number of carbonyl (C=O) groups excluding carboxylic acids is 1. The Kier molecular flexibility index (Phi) is 7.60. The average Bonchev–Trinajstić information content (AvgIpc) is 3.48. The number of urea groups is 1. The van der Waals surface area contributed by atoms with Gasteiger partial charge in [0.1, 0.15) is 5.82 Å². The van der Waals surface area contributed by atoms with E-state index in [1.165, 1.54) is 12.1 Å². The minimum Gasteiger partial charge on any atom is -0.379 e. The molecule has 0 saturated carbocycles. The van der Waals surface area contributed by atoms with Gasteiger partial charge < -0.3 is 15.0 Å². The van der Waals surface area contributed by atoms with Gasteiger partial charge in [0.15, 0.2) is 4.96 Å². The summed E-state index contributed by atoms with van der Waals surface area (Å²) < 4.78 is 20.9. The van der Waals surface area contributed by atoms with Gasteiger partial charge in [0, 0.05) is 67.7 Å². The van der Waals surface area contributed by atoms with Crippen LogP contribution in [0.1, 0.15) is 11.3 Å². The maximum atomic E-state index is 13.3. The number of benzene rings is 2. The molecule has 188 valence electrons. The predicted molar refractivity (Wildman–Crippen MR) is 141 cm³/mol. The number of halogens is 1. The Bertz CT molecular complexity index is 1310. The van der Waals surface area contributed by atoms with E-state index in [1.807, 2.05) is 42.3 Å². The Morgan fingerprint density at radius 1 is 1.14 bits per heavy atom. The minimum absolute atomic E-state index is 0.0957. The van der Waals surface area contributed by atoms with Crippen molar-refractivity contribution in [1.82, 2.24) is 19.2 Å². The Labute approximate surface area is 214 Å². The van der Waals surface area contributed by atoms with Gasteiger partial charge in [-0.05, 0) is 42.8 Å². The summed E-state index contributed by atoms with van der Waals surface area (Å²) in [6, 6.07) is 14.1. The number of amides is 2. The third-order valence-electron chi connectivity index (χ3n) is 6.52. The van der Waals surface area contributed by atoms with Crippen LogP contribution in [0.4, 0.5) is 14.9 Å². The second kappa shape index (κ2) is 11.2. The molecule has 1 N–H and O–H groups in total. The number of ether oxygens (including phenoxy) is 1. The Morgan fingerprint density at radius 2 is 1.92 bits per heavy atom. The van der Waals surface area contributed by atoms with Crippen molar-refractivity contribution >= 4 is 28.0 Å². The van der Waals surface area contributed by atoms with Crippen LogP contribution < -0.4 is 5.32 Å². The van der Waals surface area contributed by atoms with E-state index < -0.39 is 0 Å². The molecular formula is C27H30FN5O2S. The average molecular weight is 508 g/mol. The number of nitrogens with one attached hydrogen (secondary N) is 1. The van der Waals surface area contributed by atoms with Gasteiger partial charge in [-0.25, -0.2) is 14.2 Å². The first kappa shape index (κ1) is 24.4. The number of anilines is 1. The Morgan fingerprint density at radius 3 is 2.69 bits per heavy atom. The molecule has 7 nitrogen and oxygen atoms in total. The molecule has 0 spiro atoms. The molecule has 36 heavy (non-hydrogen) atoms. The molecule has 0 radical (unpaired) electrons. The lowest BCUT2D eigenvalue weighted by atomic mass is 10.2. The molecule has 3 heterocycles. The van der Waals surface area contributed by atoms with Crippen molar-refractivity contribution in [3.05, 3.63) is 77.2 Å². The highest BCUT2D eigenvalue weighted by Gasteiger charge is 2.19. The number of morpholine rings is 1. The summed E-state index contributed by atoms with van der Waals surface area (Å²) in [6.07, 6.45) is 2.68. The molecule has 2 aromatic heterocycles. The van der Waals surface area contributed by atoms with E-state index in [1.54, 1.807) is 23.5 Å². The normalized spacial score (nSPS) is 14.3. The number of fused-ring (bicyclic) bond motifs is 1. The molecule has 1 fully saturated rings. The first-order valence-electron chi connectivity index (χ1n) is 12.2. The van der Waals surface area contributed by atoms with E-state index in [-0.39, 0.29) is 11.8 Å². The fourth-order valence-electron chi connectivity index (χ4n) is 4.33. The maximum absolute atomic E-state index is 13.3. The second-order valence-electron chi connectivity index (χ2n) is 8.95. The molecule has 2 amide bonds. The molecule has 1 aliphatic heterocycles. The van der Waals surface area contributed by atoms with Crippen LogP contribution in [-0.2, 0) is 11.2 Å². The highest BCUT2D eigenvalue weighted by Crippen LogP contribution is 2.24. The standard InChI is InChI=1S/C27H30FN5O2S/c1-20-4-2-3-5-24(20)29-26(34)32(13-12-31-14-16-35-17-15-31)11-10-23-19-36-27-30-25(18-33(23)27)21-6-8-22(28)9-7-21/h2-9,18-19H,10-17H2,1H3,(H,29,34). The van der Waals surface area contributed by atoms with E-state index in [0.717, 1.165) is 66.0 Å².